The van der Waals surface area contributed by atoms with E-state index in [1.807, 2.05) is 72.8 Å². The fourth-order valence-corrected chi connectivity index (χ4v) is 3.40. The quantitative estimate of drug-likeness (QED) is 0.354. The Kier molecular flexibility index (Phi) is 8.75. The number of carbonyl (C=O) groups excluding carboxylic acids is 1. The zero-order chi connectivity index (χ0) is 21.9. The van der Waals surface area contributed by atoms with Gasteiger partial charge in [-0.3, -0.25) is 4.79 Å². The molecule has 3 rings (SSSR count). The maximum atomic E-state index is 12.1. The minimum absolute atomic E-state index is 0.0786. The molecule has 0 aliphatic heterocycles. The number of carbonyl (C=O) groups is 1. The molecular weight excluding hydrogens is 458 g/mol. The van der Waals surface area contributed by atoms with Crippen LogP contribution in [-0.4, -0.2) is 26.2 Å². The van der Waals surface area contributed by atoms with Crippen LogP contribution >= 0.6 is 15.9 Å². The number of hydrogen-bond donors (Lipinski definition) is 3. The van der Waals surface area contributed by atoms with E-state index in [9.17, 15) is 4.79 Å². The first kappa shape index (κ1) is 22.7. The van der Waals surface area contributed by atoms with Gasteiger partial charge in [0.15, 0.2) is 18.1 Å². The molecule has 0 saturated carbocycles. The van der Waals surface area contributed by atoms with Gasteiger partial charge >= 0.3 is 0 Å². The molecule has 3 aromatic carbocycles. The number of ether oxygens (including phenoxy) is 2. The van der Waals surface area contributed by atoms with Crippen LogP contribution in [0.5, 0.6) is 11.5 Å². The molecule has 162 valence electrons. The van der Waals surface area contributed by atoms with Crippen molar-refractivity contribution in [3.05, 3.63) is 88.4 Å². The largest absolute Gasteiger partial charge is 0.493 e. The van der Waals surface area contributed by atoms with E-state index in [0.29, 0.717) is 24.6 Å². The monoisotopic (exact) mass is 483 g/mol. The number of para-hydroxylation sites is 1. The molecule has 1 amide bonds. The SMILES string of the molecule is COc1cc(CNNc2ccccc2)c(Br)cc1OCC(=O)NCCc1ccccc1. The average molecular weight is 484 g/mol. The number of anilines is 1. The molecule has 0 heterocycles. The third-order valence-corrected chi connectivity index (χ3v) is 5.29. The van der Waals surface area contributed by atoms with Crippen LogP contribution in [0.4, 0.5) is 5.69 Å². The van der Waals surface area contributed by atoms with Crippen molar-refractivity contribution < 1.29 is 14.3 Å². The van der Waals surface area contributed by atoms with Crippen molar-refractivity contribution in [2.45, 2.75) is 13.0 Å². The van der Waals surface area contributed by atoms with Crippen LogP contribution in [-0.2, 0) is 17.8 Å². The van der Waals surface area contributed by atoms with E-state index in [1.165, 1.54) is 5.56 Å². The lowest BCUT2D eigenvalue weighted by molar-refractivity contribution is -0.123. The predicted molar refractivity (Wildman–Crippen MR) is 126 cm³/mol. The van der Waals surface area contributed by atoms with E-state index in [-0.39, 0.29) is 12.5 Å². The number of nitrogens with one attached hydrogen (secondary N) is 3. The third kappa shape index (κ3) is 7.31. The standard InChI is InChI=1S/C24H26BrN3O3/c1-30-22-14-19(16-27-28-20-10-6-3-7-11-20)21(25)15-23(22)31-17-24(29)26-13-12-18-8-4-2-5-9-18/h2-11,14-15,27-28H,12-13,16-17H2,1H3,(H,26,29). The smallest absolute Gasteiger partial charge is 0.257 e. The normalized spacial score (nSPS) is 10.4. The first-order chi connectivity index (χ1) is 15.2. The molecule has 0 aliphatic carbocycles. The molecule has 0 fully saturated rings. The van der Waals surface area contributed by atoms with E-state index in [1.54, 1.807) is 7.11 Å². The number of halogens is 1. The van der Waals surface area contributed by atoms with Crippen LogP contribution in [0.25, 0.3) is 0 Å². The molecule has 7 heteroatoms. The number of hydrogen-bond acceptors (Lipinski definition) is 5. The summed E-state index contributed by atoms with van der Waals surface area (Å²) < 4.78 is 12.0. The van der Waals surface area contributed by atoms with E-state index >= 15 is 0 Å². The van der Waals surface area contributed by atoms with Crippen molar-refractivity contribution in [2.24, 2.45) is 0 Å². The van der Waals surface area contributed by atoms with Gasteiger partial charge in [-0.2, -0.15) is 0 Å². The summed E-state index contributed by atoms with van der Waals surface area (Å²) in [5.74, 6) is 0.899. The average Bonchev–Trinajstić information content (AvgIpc) is 2.80. The third-order valence-electron chi connectivity index (χ3n) is 4.56. The Balaban J connectivity index is 1.49. The van der Waals surface area contributed by atoms with Crippen molar-refractivity contribution >= 4 is 27.5 Å². The van der Waals surface area contributed by atoms with Crippen molar-refractivity contribution in [1.29, 1.82) is 0 Å². The van der Waals surface area contributed by atoms with Crippen LogP contribution in [0.1, 0.15) is 11.1 Å². The highest BCUT2D eigenvalue weighted by Gasteiger charge is 2.12. The van der Waals surface area contributed by atoms with Gasteiger partial charge in [-0.05, 0) is 41.8 Å². The second-order valence-electron chi connectivity index (χ2n) is 6.81. The molecule has 3 N–H and O–H groups in total. The first-order valence-corrected chi connectivity index (χ1v) is 10.8. The molecule has 0 atom stereocenters. The maximum absolute atomic E-state index is 12.1. The fraction of sp³-hybridized carbons (Fsp3) is 0.208. The number of amides is 1. The Morgan fingerprint density at radius 1 is 0.968 bits per heavy atom. The Labute approximate surface area is 191 Å². The summed E-state index contributed by atoms with van der Waals surface area (Å²) in [6, 6.07) is 23.6. The molecule has 0 bridgehead atoms. The highest BCUT2D eigenvalue weighted by molar-refractivity contribution is 9.10. The minimum atomic E-state index is -0.174. The Morgan fingerprint density at radius 3 is 2.39 bits per heavy atom. The summed E-state index contributed by atoms with van der Waals surface area (Å²) in [5, 5.41) is 2.87. The van der Waals surface area contributed by atoms with Gasteiger partial charge in [0.25, 0.3) is 5.91 Å². The van der Waals surface area contributed by atoms with E-state index < -0.39 is 0 Å². The van der Waals surface area contributed by atoms with Gasteiger partial charge < -0.3 is 20.2 Å². The predicted octanol–water partition coefficient (Wildman–Crippen LogP) is 4.31. The maximum Gasteiger partial charge on any atom is 0.257 e. The molecule has 0 aliphatic rings. The molecule has 0 saturated heterocycles. The Morgan fingerprint density at radius 2 is 1.68 bits per heavy atom. The van der Waals surface area contributed by atoms with Crippen LogP contribution in [0.15, 0.2) is 77.3 Å². The Hall–Kier alpha value is -3.03. The van der Waals surface area contributed by atoms with Crippen molar-refractivity contribution in [2.75, 3.05) is 25.7 Å². The van der Waals surface area contributed by atoms with Crippen LogP contribution in [0.2, 0.25) is 0 Å². The molecular formula is C24H26BrN3O3. The van der Waals surface area contributed by atoms with Crippen LogP contribution < -0.4 is 25.6 Å². The molecule has 31 heavy (non-hydrogen) atoms. The van der Waals surface area contributed by atoms with Crippen molar-refractivity contribution in [3.8, 4) is 11.5 Å². The summed E-state index contributed by atoms with van der Waals surface area (Å²) in [7, 11) is 1.58. The fourth-order valence-electron chi connectivity index (χ4n) is 2.93. The van der Waals surface area contributed by atoms with E-state index in [2.05, 4.69) is 32.1 Å². The number of methoxy groups -OCH3 is 1. The van der Waals surface area contributed by atoms with Gasteiger partial charge in [-0.1, -0.05) is 64.5 Å². The summed E-state index contributed by atoms with van der Waals surface area (Å²) >= 11 is 3.57. The summed E-state index contributed by atoms with van der Waals surface area (Å²) in [6.45, 7) is 1.04. The lowest BCUT2D eigenvalue weighted by Gasteiger charge is -2.15. The van der Waals surface area contributed by atoms with Crippen LogP contribution in [0, 0.1) is 0 Å². The second kappa shape index (κ2) is 12.0. The van der Waals surface area contributed by atoms with Crippen molar-refractivity contribution in [1.82, 2.24) is 10.7 Å². The second-order valence-corrected chi connectivity index (χ2v) is 7.67. The number of hydrazine groups is 1. The molecule has 3 aromatic rings. The Bertz CT molecular complexity index is 969. The molecule has 0 radical (unpaired) electrons. The minimum Gasteiger partial charge on any atom is -0.493 e. The van der Waals surface area contributed by atoms with Crippen LogP contribution in [0.3, 0.4) is 0 Å². The molecule has 6 nitrogen and oxygen atoms in total. The molecule has 0 spiro atoms. The van der Waals surface area contributed by atoms with Gasteiger partial charge in [0.05, 0.1) is 7.11 Å². The van der Waals surface area contributed by atoms with Gasteiger partial charge in [0.1, 0.15) is 0 Å². The molecule has 0 aromatic heterocycles. The lowest BCUT2D eigenvalue weighted by Crippen LogP contribution is -2.30. The number of rotatable bonds is 11. The summed E-state index contributed by atoms with van der Waals surface area (Å²) in [6.07, 6.45) is 0.778. The van der Waals surface area contributed by atoms with Gasteiger partial charge in [0.2, 0.25) is 0 Å². The highest BCUT2D eigenvalue weighted by atomic mass is 79.9. The van der Waals surface area contributed by atoms with Gasteiger partial charge in [-0.25, -0.2) is 5.43 Å². The topological polar surface area (TPSA) is 71.6 Å². The van der Waals surface area contributed by atoms with Gasteiger partial charge in [0, 0.05) is 23.2 Å². The van der Waals surface area contributed by atoms with Crippen molar-refractivity contribution in [3.63, 3.8) is 0 Å². The van der Waals surface area contributed by atoms with Gasteiger partial charge in [-0.15, -0.1) is 0 Å². The summed E-state index contributed by atoms with van der Waals surface area (Å²) in [4.78, 5) is 12.1. The highest BCUT2D eigenvalue weighted by Crippen LogP contribution is 2.33. The zero-order valence-electron chi connectivity index (χ0n) is 17.4. The van der Waals surface area contributed by atoms with E-state index in [0.717, 1.165) is 22.1 Å². The zero-order valence-corrected chi connectivity index (χ0v) is 18.9. The molecule has 0 unspecified atom stereocenters. The number of benzene rings is 3. The lowest BCUT2D eigenvalue weighted by atomic mass is 10.1. The first-order valence-electron chi connectivity index (χ1n) is 9.99. The van der Waals surface area contributed by atoms with E-state index in [4.69, 9.17) is 9.47 Å². The summed E-state index contributed by atoms with van der Waals surface area (Å²) in [5.41, 5.74) is 9.47.